The lowest BCUT2D eigenvalue weighted by atomic mass is 10.00. The predicted molar refractivity (Wildman–Crippen MR) is 103 cm³/mol. The molecule has 1 fully saturated rings. The highest BCUT2D eigenvalue weighted by Crippen LogP contribution is 2.17. The Hall–Kier alpha value is -1.75. The van der Waals surface area contributed by atoms with Gasteiger partial charge in [-0.05, 0) is 43.4 Å². The maximum atomic E-state index is 5.78. The minimum absolute atomic E-state index is 0.670. The second-order valence-corrected chi connectivity index (χ2v) is 6.68. The molecule has 1 aliphatic rings. The van der Waals surface area contributed by atoms with E-state index in [0.717, 1.165) is 50.3 Å². The average molecular weight is 348 g/mol. The van der Waals surface area contributed by atoms with Gasteiger partial charge >= 0.3 is 0 Å². The van der Waals surface area contributed by atoms with Crippen molar-refractivity contribution in [2.45, 2.75) is 39.7 Å². The minimum atomic E-state index is 0.670. The molecule has 1 saturated heterocycles. The van der Waals surface area contributed by atoms with E-state index >= 15 is 0 Å². The summed E-state index contributed by atoms with van der Waals surface area (Å²) >= 11 is 0. The molecule has 0 aliphatic carbocycles. The summed E-state index contributed by atoms with van der Waals surface area (Å²) in [6, 6.07) is 8.22. The molecule has 140 valence electrons. The first kappa shape index (κ1) is 19.6. The van der Waals surface area contributed by atoms with Crippen LogP contribution in [0.3, 0.4) is 0 Å². The fourth-order valence-corrected chi connectivity index (χ4v) is 2.94. The summed E-state index contributed by atoms with van der Waals surface area (Å²) in [5, 5.41) is 3.43. The Kier molecular flexibility index (Phi) is 8.60. The van der Waals surface area contributed by atoms with Crippen molar-refractivity contribution < 1.29 is 9.47 Å². The Morgan fingerprint density at radius 3 is 2.80 bits per heavy atom. The van der Waals surface area contributed by atoms with E-state index in [0.29, 0.717) is 13.2 Å². The second-order valence-electron chi connectivity index (χ2n) is 6.68. The molecule has 0 saturated carbocycles. The molecule has 1 aromatic carbocycles. The summed E-state index contributed by atoms with van der Waals surface area (Å²) in [6.45, 7) is 9.61. The van der Waals surface area contributed by atoms with Gasteiger partial charge in [-0.1, -0.05) is 19.1 Å². The predicted octanol–water partition coefficient (Wildman–Crippen LogP) is 3.30. The van der Waals surface area contributed by atoms with Gasteiger partial charge in [-0.3, -0.25) is 0 Å². The third-order valence-corrected chi connectivity index (χ3v) is 4.49. The van der Waals surface area contributed by atoms with Crippen molar-refractivity contribution in [3.8, 4) is 5.75 Å². The van der Waals surface area contributed by atoms with Crippen molar-refractivity contribution in [2.75, 3.05) is 40.0 Å². The number of piperidine rings is 1. The topological polar surface area (TPSA) is 46.1 Å². The Bertz CT molecular complexity index is 525. The number of methoxy groups -OCH3 is 1. The number of benzene rings is 1. The van der Waals surface area contributed by atoms with Crippen LogP contribution in [0.5, 0.6) is 5.75 Å². The number of hydrogen-bond acceptors (Lipinski definition) is 3. The zero-order valence-electron chi connectivity index (χ0n) is 16.0. The Balaban J connectivity index is 1.92. The van der Waals surface area contributed by atoms with Crippen LogP contribution >= 0.6 is 0 Å². The summed E-state index contributed by atoms with van der Waals surface area (Å²) in [5.41, 5.74) is 1.17. The fourth-order valence-electron chi connectivity index (χ4n) is 2.94. The largest absolute Gasteiger partial charge is 0.493 e. The number of guanidine groups is 1. The molecule has 1 N–H and O–H groups in total. The molecular weight excluding hydrogens is 314 g/mol. The first-order valence-electron chi connectivity index (χ1n) is 9.47. The summed E-state index contributed by atoms with van der Waals surface area (Å²) in [6.07, 6.45) is 3.39. The monoisotopic (exact) mass is 347 g/mol. The molecular formula is C20H33N3O2. The number of nitrogens with one attached hydrogen (secondary N) is 1. The number of hydrogen-bond donors (Lipinski definition) is 1. The highest BCUT2D eigenvalue weighted by molar-refractivity contribution is 5.80. The number of aliphatic imine (C=N–C) groups is 1. The van der Waals surface area contributed by atoms with Crippen LogP contribution in [0.2, 0.25) is 0 Å². The molecule has 0 spiro atoms. The lowest BCUT2D eigenvalue weighted by Gasteiger charge is -2.33. The van der Waals surface area contributed by atoms with Crippen LogP contribution in [-0.4, -0.2) is 50.8 Å². The van der Waals surface area contributed by atoms with E-state index in [4.69, 9.17) is 14.5 Å². The third kappa shape index (κ3) is 6.94. The normalized spacial score (nSPS) is 16.1. The summed E-state index contributed by atoms with van der Waals surface area (Å²) in [7, 11) is 1.71. The van der Waals surface area contributed by atoms with Gasteiger partial charge in [-0.2, -0.15) is 0 Å². The maximum Gasteiger partial charge on any atom is 0.194 e. The zero-order valence-corrected chi connectivity index (χ0v) is 16.0. The molecule has 5 nitrogen and oxygen atoms in total. The standard InChI is InChI=1S/C20H33N3O2/c1-4-21-20(23-11-9-17(2)10-12-23)22-16-18-7-5-8-19(15-18)25-14-6-13-24-3/h5,7-8,15,17H,4,6,9-14,16H2,1-3H3,(H,21,22). The molecule has 1 heterocycles. The van der Waals surface area contributed by atoms with Crippen LogP contribution in [0, 0.1) is 5.92 Å². The Morgan fingerprint density at radius 1 is 1.28 bits per heavy atom. The van der Waals surface area contributed by atoms with Gasteiger partial charge < -0.3 is 19.7 Å². The number of nitrogens with zero attached hydrogens (tertiary/aromatic N) is 2. The molecule has 2 rings (SSSR count). The lowest BCUT2D eigenvalue weighted by Crippen LogP contribution is -2.45. The van der Waals surface area contributed by atoms with Crippen LogP contribution in [-0.2, 0) is 11.3 Å². The van der Waals surface area contributed by atoms with Crippen LogP contribution in [0.1, 0.15) is 38.7 Å². The SMILES string of the molecule is CCNC(=NCc1cccc(OCCCOC)c1)N1CCC(C)CC1. The van der Waals surface area contributed by atoms with Crippen molar-refractivity contribution in [1.82, 2.24) is 10.2 Å². The van der Waals surface area contributed by atoms with E-state index in [1.807, 2.05) is 12.1 Å². The second kappa shape index (κ2) is 11.0. The van der Waals surface area contributed by atoms with Gasteiger partial charge in [0.25, 0.3) is 0 Å². The molecule has 0 unspecified atom stereocenters. The molecule has 25 heavy (non-hydrogen) atoms. The summed E-state index contributed by atoms with van der Waals surface area (Å²) < 4.78 is 10.8. The lowest BCUT2D eigenvalue weighted by molar-refractivity contribution is 0.172. The first-order chi connectivity index (χ1) is 12.2. The Labute approximate surface area is 152 Å². The average Bonchev–Trinajstić information content (AvgIpc) is 2.63. The van der Waals surface area contributed by atoms with Crippen molar-refractivity contribution in [1.29, 1.82) is 0 Å². The smallest absolute Gasteiger partial charge is 0.194 e. The highest BCUT2D eigenvalue weighted by Gasteiger charge is 2.18. The van der Waals surface area contributed by atoms with Crippen molar-refractivity contribution >= 4 is 5.96 Å². The van der Waals surface area contributed by atoms with Crippen LogP contribution in [0.4, 0.5) is 0 Å². The molecule has 0 bridgehead atoms. The van der Waals surface area contributed by atoms with Gasteiger partial charge in [0.15, 0.2) is 5.96 Å². The quantitative estimate of drug-likeness (QED) is 0.445. The maximum absolute atomic E-state index is 5.78. The molecule has 5 heteroatoms. The van der Waals surface area contributed by atoms with Gasteiger partial charge in [0.05, 0.1) is 13.2 Å². The van der Waals surface area contributed by atoms with Gasteiger partial charge in [0.1, 0.15) is 5.75 Å². The van der Waals surface area contributed by atoms with E-state index in [9.17, 15) is 0 Å². The molecule has 1 aromatic rings. The molecule has 0 atom stereocenters. The van der Waals surface area contributed by atoms with Crippen LogP contribution in [0.25, 0.3) is 0 Å². The van der Waals surface area contributed by atoms with Gasteiger partial charge in [-0.15, -0.1) is 0 Å². The highest BCUT2D eigenvalue weighted by atomic mass is 16.5. The fraction of sp³-hybridized carbons (Fsp3) is 0.650. The minimum Gasteiger partial charge on any atom is -0.493 e. The number of likely N-dealkylation sites (tertiary alicyclic amines) is 1. The Morgan fingerprint density at radius 2 is 2.08 bits per heavy atom. The molecule has 0 radical (unpaired) electrons. The van der Waals surface area contributed by atoms with E-state index in [1.54, 1.807) is 7.11 Å². The third-order valence-electron chi connectivity index (χ3n) is 4.49. The van der Waals surface area contributed by atoms with Gasteiger partial charge in [0, 0.05) is 39.8 Å². The van der Waals surface area contributed by atoms with Crippen LogP contribution < -0.4 is 10.1 Å². The van der Waals surface area contributed by atoms with E-state index in [-0.39, 0.29) is 0 Å². The van der Waals surface area contributed by atoms with Gasteiger partial charge in [0.2, 0.25) is 0 Å². The van der Waals surface area contributed by atoms with E-state index < -0.39 is 0 Å². The first-order valence-corrected chi connectivity index (χ1v) is 9.47. The molecule has 0 amide bonds. The summed E-state index contributed by atoms with van der Waals surface area (Å²) in [5.74, 6) is 2.76. The number of ether oxygens (including phenoxy) is 2. The molecule has 1 aliphatic heterocycles. The van der Waals surface area contributed by atoms with Crippen molar-refractivity contribution in [3.05, 3.63) is 29.8 Å². The van der Waals surface area contributed by atoms with Crippen molar-refractivity contribution in [3.63, 3.8) is 0 Å². The van der Waals surface area contributed by atoms with Gasteiger partial charge in [-0.25, -0.2) is 4.99 Å². The van der Waals surface area contributed by atoms with Crippen LogP contribution in [0.15, 0.2) is 29.3 Å². The van der Waals surface area contributed by atoms with E-state index in [1.165, 1.54) is 18.4 Å². The zero-order chi connectivity index (χ0) is 17.9. The molecule has 0 aromatic heterocycles. The van der Waals surface area contributed by atoms with E-state index in [2.05, 4.69) is 36.2 Å². The summed E-state index contributed by atoms with van der Waals surface area (Å²) in [4.78, 5) is 7.22. The number of rotatable bonds is 8. The van der Waals surface area contributed by atoms with Crippen molar-refractivity contribution in [2.24, 2.45) is 10.9 Å².